The van der Waals surface area contributed by atoms with E-state index in [2.05, 4.69) is 0 Å². The predicted octanol–water partition coefficient (Wildman–Crippen LogP) is 3.74. The monoisotopic (exact) mass is 586 g/mol. The number of nitrogens with zero attached hydrogens (tertiary/aromatic N) is 2. The van der Waals surface area contributed by atoms with Crippen molar-refractivity contribution in [2.75, 3.05) is 32.2 Å². The van der Waals surface area contributed by atoms with Crippen LogP contribution in [-0.4, -0.2) is 67.7 Å². The van der Waals surface area contributed by atoms with E-state index < -0.39 is 20.9 Å². The van der Waals surface area contributed by atoms with Gasteiger partial charge in [0.15, 0.2) is 11.5 Å². The van der Waals surface area contributed by atoms with Crippen molar-refractivity contribution in [1.82, 2.24) is 9.21 Å². The molecule has 1 aromatic carbocycles. The smallest absolute Gasteiger partial charge is 0.238 e. The second kappa shape index (κ2) is 10.7. The molecule has 3 unspecified atom stereocenters. The molecule has 11 heteroatoms. The molecule has 41 heavy (non-hydrogen) atoms. The molecule has 2 saturated carbocycles. The van der Waals surface area contributed by atoms with Crippen molar-refractivity contribution in [3.05, 3.63) is 47.9 Å². The van der Waals surface area contributed by atoms with Crippen molar-refractivity contribution in [3.63, 3.8) is 0 Å². The maximum absolute atomic E-state index is 14.2. The van der Waals surface area contributed by atoms with Gasteiger partial charge >= 0.3 is 0 Å². The first kappa shape index (κ1) is 28.2. The van der Waals surface area contributed by atoms with Crippen molar-refractivity contribution in [1.29, 1.82) is 0 Å². The molecule has 0 N–H and O–H groups in total. The van der Waals surface area contributed by atoms with E-state index in [9.17, 15) is 18.0 Å². The van der Waals surface area contributed by atoms with Crippen molar-refractivity contribution in [2.24, 2.45) is 16.7 Å². The van der Waals surface area contributed by atoms with Crippen molar-refractivity contribution in [3.8, 4) is 11.5 Å². The van der Waals surface area contributed by atoms with Crippen LogP contribution in [-0.2, 0) is 37.4 Å². The standard InChI is InChI=1S/C30H38N2O8S/c1-29(2)22-9-10-30(29,27(33)14-22)19-41(35,36)32(17-24-6-4-12-38-24)18-28(34)31(16-23-5-3-11-37-23)15-21-7-8-25-26(13-21)40-20-39-25/h3,5,7-8,11,13,22,24H,4,6,9-10,12,14-20H2,1-2H3. The molecule has 3 fully saturated rings. The molecule has 2 aliphatic carbocycles. The van der Waals surface area contributed by atoms with Gasteiger partial charge in [-0.05, 0) is 66.8 Å². The lowest BCUT2D eigenvalue weighted by Crippen LogP contribution is -2.50. The lowest BCUT2D eigenvalue weighted by molar-refractivity contribution is -0.133. The Morgan fingerprint density at radius 1 is 1.10 bits per heavy atom. The van der Waals surface area contributed by atoms with E-state index in [0.717, 1.165) is 24.8 Å². The maximum atomic E-state index is 14.2. The molecular formula is C30H38N2O8S. The summed E-state index contributed by atoms with van der Waals surface area (Å²) in [6.07, 6.45) is 4.68. The first-order valence-electron chi connectivity index (χ1n) is 14.4. The predicted molar refractivity (Wildman–Crippen MR) is 148 cm³/mol. The van der Waals surface area contributed by atoms with E-state index >= 15 is 0 Å². The highest BCUT2D eigenvalue weighted by Gasteiger charge is 2.65. The zero-order valence-electron chi connectivity index (χ0n) is 23.7. The molecule has 4 aliphatic rings. The summed E-state index contributed by atoms with van der Waals surface area (Å²) in [5.74, 6) is 1.43. The largest absolute Gasteiger partial charge is 0.467 e. The summed E-state index contributed by atoms with van der Waals surface area (Å²) in [4.78, 5) is 28.7. The SMILES string of the molecule is CC1(C)C2CCC1(CS(=O)(=O)N(CC(=O)N(Cc1ccc3c(c1)OCO3)Cc1ccco1)CC1CCCO1)C(=O)C2. The fourth-order valence-corrected chi connectivity index (χ4v) is 9.32. The molecule has 3 atom stereocenters. The van der Waals surface area contributed by atoms with Gasteiger partial charge in [-0.3, -0.25) is 9.59 Å². The van der Waals surface area contributed by atoms with Gasteiger partial charge in [0.25, 0.3) is 0 Å². The van der Waals surface area contributed by atoms with Gasteiger partial charge < -0.3 is 23.5 Å². The van der Waals surface area contributed by atoms with Crippen LogP contribution >= 0.6 is 0 Å². The summed E-state index contributed by atoms with van der Waals surface area (Å²) in [5, 5.41) is 0. The number of hydrogen-bond acceptors (Lipinski definition) is 8. The molecule has 3 heterocycles. The Balaban J connectivity index is 1.26. The van der Waals surface area contributed by atoms with Gasteiger partial charge in [-0.15, -0.1) is 0 Å². The van der Waals surface area contributed by atoms with E-state index in [1.54, 1.807) is 29.4 Å². The number of ether oxygens (including phenoxy) is 3. The number of ketones is 1. The Kier molecular flexibility index (Phi) is 7.40. The molecule has 2 aliphatic heterocycles. The Labute approximate surface area is 241 Å². The Hall–Kier alpha value is -2.89. The normalized spacial score (nSPS) is 26.3. The quantitative estimate of drug-likeness (QED) is 0.391. The van der Waals surface area contributed by atoms with E-state index in [-0.39, 0.29) is 62.4 Å². The number of benzene rings is 1. The van der Waals surface area contributed by atoms with Crippen LogP contribution in [0.15, 0.2) is 41.0 Å². The molecule has 222 valence electrons. The molecule has 1 amide bonds. The number of rotatable bonds is 11. The molecule has 2 bridgehead atoms. The van der Waals surface area contributed by atoms with Crippen molar-refractivity contribution >= 4 is 21.7 Å². The lowest BCUT2D eigenvalue weighted by Gasteiger charge is -2.38. The van der Waals surface area contributed by atoms with E-state index in [1.165, 1.54) is 4.31 Å². The summed E-state index contributed by atoms with van der Waals surface area (Å²) in [6.45, 7) is 4.90. The van der Waals surface area contributed by atoms with Gasteiger partial charge in [-0.2, -0.15) is 4.31 Å². The van der Waals surface area contributed by atoms with Gasteiger partial charge in [0.2, 0.25) is 22.7 Å². The van der Waals surface area contributed by atoms with Gasteiger partial charge in [-0.1, -0.05) is 19.9 Å². The van der Waals surface area contributed by atoms with Crippen LogP contribution in [0.4, 0.5) is 0 Å². The number of hydrogen-bond donors (Lipinski definition) is 0. The number of amides is 1. The van der Waals surface area contributed by atoms with Crippen LogP contribution < -0.4 is 9.47 Å². The Morgan fingerprint density at radius 3 is 2.61 bits per heavy atom. The second-order valence-corrected chi connectivity index (χ2v) is 14.3. The maximum Gasteiger partial charge on any atom is 0.238 e. The first-order valence-corrected chi connectivity index (χ1v) is 16.0. The average Bonchev–Trinajstić information content (AvgIpc) is 3.75. The van der Waals surface area contributed by atoms with Gasteiger partial charge in [0, 0.05) is 31.5 Å². The van der Waals surface area contributed by atoms with Crippen molar-refractivity contribution < 1.29 is 36.6 Å². The minimum Gasteiger partial charge on any atom is -0.467 e. The molecule has 2 aromatic rings. The van der Waals surface area contributed by atoms with Crippen LogP contribution in [0.5, 0.6) is 11.5 Å². The minimum absolute atomic E-state index is 0.0352. The summed E-state index contributed by atoms with van der Waals surface area (Å²) in [5.41, 5.74) is -0.507. The van der Waals surface area contributed by atoms with E-state index in [1.807, 2.05) is 26.0 Å². The van der Waals surface area contributed by atoms with Crippen molar-refractivity contribution in [2.45, 2.75) is 65.1 Å². The van der Waals surface area contributed by atoms with Gasteiger partial charge in [0.05, 0.1) is 31.2 Å². The Bertz CT molecular complexity index is 1400. The number of sulfonamides is 1. The second-order valence-electron chi connectivity index (χ2n) is 12.4. The molecule has 0 spiro atoms. The van der Waals surface area contributed by atoms with Gasteiger partial charge in [-0.25, -0.2) is 8.42 Å². The van der Waals surface area contributed by atoms with Crippen LogP contribution in [0.1, 0.15) is 57.3 Å². The molecule has 6 rings (SSSR count). The zero-order valence-corrected chi connectivity index (χ0v) is 24.5. The highest BCUT2D eigenvalue weighted by Crippen LogP contribution is 2.64. The minimum atomic E-state index is -3.99. The molecular weight excluding hydrogens is 548 g/mol. The molecule has 1 aromatic heterocycles. The summed E-state index contributed by atoms with van der Waals surface area (Å²) < 4.78 is 51.8. The van der Waals surface area contributed by atoms with Crippen LogP contribution in [0.3, 0.4) is 0 Å². The third kappa shape index (κ3) is 5.28. The third-order valence-electron chi connectivity index (χ3n) is 9.79. The number of furan rings is 1. The Morgan fingerprint density at radius 2 is 1.93 bits per heavy atom. The number of fused-ring (bicyclic) bond motifs is 3. The highest BCUT2D eigenvalue weighted by molar-refractivity contribution is 7.89. The highest BCUT2D eigenvalue weighted by atomic mass is 32.2. The number of carbonyl (C=O) groups is 2. The van der Waals surface area contributed by atoms with Crippen LogP contribution in [0.2, 0.25) is 0 Å². The van der Waals surface area contributed by atoms with Crippen LogP contribution in [0, 0.1) is 16.7 Å². The zero-order chi connectivity index (χ0) is 28.8. The number of carbonyl (C=O) groups excluding carboxylic acids is 2. The topological polar surface area (TPSA) is 116 Å². The average molecular weight is 587 g/mol. The first-order chi connectivity index (χ1) is 19.6. The fourth-order valence-electron chi connectivity index (χ4n) is 7.14. The van der Waals surface area contributed by atoms with E-state index in [0.29, 0.717) is 36.7 Å². The lowest BCUT2D eigenvalue weighted by atomic mass is 9.70. The fraction of sp³-hybridized carbons (Fsp3) is 0.600. The summed E-state index contributed by atoms with van der Waals surface area (Å²) >= 11 is 0. The summed E-state index contributed by atoms with van der Waals surface area (Å²) in [6, 6.07) is 9.02. The van der Waals surface area contributed by atoms with E-state index in [4.69, 9.17) is 18.6 Å². The summed E-state index contributed by atoms with van der Waals surface area (Å²) in [7, 11) is -3.99. The third-order valence-corrected chi connectivity index (χ3v) is 11.7. The number of Topliss-reactive ketones (excluding diaryl/α,β-unsaturated/α-hetero) is 1. The van der Waals surface area contributed by atoms with Crippen LogP contribution in [0.25, 0.3) is 0 Å². The molecule has 0 radical (unpaired) electrons. The molecule has 10 nitrogen and oxygen atoms in total. The van der Waals surface area contributed by atoms with Gasteiger partial charge in [0.1, 0.15) is 11.5 Å². The molecule has 1 saturated heterocycles.